The van der Waals surface area contributed by atoms with Crippen LogP contribution in [-0.4, -0.2) is 15.7 Å². The molecule has 3 aromatic rings. The fourth-order valence-electron chi connectivity index (χ4n) is 2.44. The summed E-state index contributed by atoms with van der Waals surface area (Å²) in [5.74, 6) is -0.540. The van der Waals surface area contributed by atoms with Gasteiger partial charge in [0.1, 0.15) is 0 Å². The topological polar surface area (TPSA) is 64.0 Å². The molecule has 0 fully saturated rings. The molecule has 0 aliphatic heterocycles. The highest BCUT2D eigenvalue weighted by molar-refractivity contribution is 6.30. The molecule has 25 heavy (non-hydrogen) atoms. The maximum atomic E-state index is 12.5. The summed E-state index contributed by atoms with van der Waals surface area (Å²) in [6, 6.07) is 15.7. The van der Waals surface area contributed by atoms with E-state index in [1.54, 1.807) is 41.9 Å². The van der Waals surface area contributed by atoms with Crippen molar-refractivity contribution in [1.82, 2.24) is 9.78 Å². The van der Waals surface area contributed by atoms with Crippen LogP contribution in [0.1, 0.15) is 21.7 Å². The number of rotatable bonds is 3. The molecule has 5 nitrogen and oxygen atoms in total. The van der Waals surface area contributed by atoms with Gasteiger partial charge in [-0.2, -0.15) is 5.10 Å². The minimum absolute atomic E-state index is 0.163. The van der Waals surface area contributed by atoms with Crippen molar-refractivity contribution in [2.24, 2.45) is 0 Å². The SMILES string of the molecule is Cc1ccccc1NC(=O)c1nn(-c2ccc(Cl)cc2)c(C)cc1=O. The average molecular weight is 354 g/mol. The normalized spacial score (nSPS) is 10.5. The number of benzene rings is 2. The molecule has 2 aromatic carbocycles. The number of halogens is 1. The maximum Gasteiger partial charge on any atom is 0.280 e. The quantitative estimate of drug-likeness (QED) is 0.779. The molecule has 1 aromatic heterocycles. The van der Waals surface area contributed by atoms with Gasteiger partial charge in [0.2, 0.25) is 5.43 Å². The van der Waals surface area contributed by atoms with E-state index in [4.69, 9.17) is 11.6 Å². The van der Waals surface area contributed by atoms with Crippen molar-refractivity contribution in [2.45, 2.75) is 13.8 Å². The third-order valence-corrected chi connectivity index (χ3v) is 4.04. The predicted molar refractivity (Wildman–Crippen MR) is 98.7 cm³/mol. The number of nitrogens with zero attached hydrogens (tertiary/aromatic N) is 2. The van der Waals surface area contributed by atoms with E-state index in [1.165, 1.54) is 6.07 Å². The van der Waals surface area contributed by atoms with E-state index in [9.17, 15) is 9.59 Å². The molecule has 0 radical (unpaired) electrons. The summed E-state index contributed by atoms with van der Waals surface area (Å²) in [5, 5.41) is 7.58. The largest absolute Gasteiger partial charge is 0.320 e. The van der Waals surface area contributed by atoms with Crippen LogP contribution in [0.5, 0.6) is 0 Å². The lowest BCUT2D eigenvalue weighted by Gasteiger charge is -2.12. The third kappa shape index (κ3) is 3.61. The standard InChI is InChI=1S/C19H16ClN3O2/c1-12-5-3-4-6-16(12)21-19(25)18-17(24)11-13(2)23(22-18)15-9-7-14(20)8-10-15/h3-11H,1-2H3,(H,21,25). The monoisotopic (exact) mass is 353 g/mol. The van der Waals surface area contributed by atoms with Gasteiger partial charge in [0.25, 0.3) is 5.91 Å². The molecule has 0 aliphatic carbocycles. The van der Waals surface area contributed by atoms with Gasteiger partial charge in [0, 0.05) is 22.5 Å². The van der Waals surface area contributed by atoms with Gasteiger partial charge in [0.05, 0.1) is 5.69 Å². The van der Waals surface area contributed by atoms with Crippen LogP contribution in [0.15, 0.2) is 59.4 Å². The van der Waals surface area contributed by atoms with Crippen LogP contribution in [0.3, 0.4) is 0 Å². The summed E-state index contributed by atoms with van der Waals surface area (Å²) in [6.45, 7) is 3.64. The Morgan fingerprint density at radius 3 is 2.44 bits per heavy atom. The highest BCUT2D eigenvalue weighted by Gasteiger charge is 2.16. The molecule has 0 spiro atoms. The lowest BCUT2D eigenvalue weighted by molar-refractivity contribution is 0.101. The zero-order chi connectivity index (χ0) is 18.0. The average Bonchev–Trinajstić information content (AvgIpc) is 2.58. The fourth-order valence-corrected chi connectivity index (χ4v) is 2.57. The second kappa shape index (κ2) is 6.91. The summed E-state index contributed by atoms with van der Waals surface area (Å²) in [4.78, 5) is 24.8. The lowest BCUT2D eigenvalue weighted by atomic mass is 10.2. The van der Waals surface area contributed by atoms with E-state index in [-0.39, 0.29) is 5.69 Å². The molecule has 6 heteroatoms. The molecular weight excluding hydrogens is 338 g/mol. The van der Waals surface area contributed by atoms with Crippen LogP contribution in [0, 0.1) is 13.8 Å². The summed E-state index contributed by atoms with van der Waals surface area (Å²) in [6.07, 6.45) is 0. The first kappa shape index (κ1) is 16.9. The highest BCUT2D eigenvalue weighted by Crippen LogP contribution is 2.15. The van der Waals surface area contributed by atoms with Crippen molar-refractivity contribution in [3.63, 3.8) is 0 Å². The van der Waals surface area contributed by atoms with Gasteiger partial charge in [-0.05, 0) is 49.7 Å². The van der Waals surface area contributed by atoms with Gasteiger partial charge >= 0.3 is 0 Å². The number of carbonyl (C=O) groups is 1. The summed E-state index contributed by atoms with van der Waals surface area (Å²) < 4.78 is 1.55. The van der Waals surface area contributed by atoms with Gasteiger partial charge in [-0.1, -0.05) is 29.8 Å². The molecule has 0 atom stereocenters. The van der Waals surface area contributed by atoms with Crippen molar-refractivity contribution in [1.29, 1.82) is 0 Å². The number of hydrogen-bond donors (Lipinski definition) is 1. The number of anilines is 1. The molecule has 1 heterocycles. The molecule has 126 valence electrons. The number of carbonyl (C=O) groups excluding carboxylic acids is 1. The molecule has 0 bridgehead atoms. The Bertz CT molecular complexity index is 994. The van der Waals surface area contributed by atoms with Crippen LogP contribution >= 0.6 is 11.6 Å². The molecule has 0 unspecified atom stereocenters. The molecule has 3 rings (SSSR count). The Kier molecular flexibility index (Phi) is 4.67. The minimum atomic E-state index is -0.540. The van der Waals surface area contributed by atoms with E-state index in [0.29, 0.717) is 22.1 Å². The molecule has 1 amide bonds. The van der Waals surface area contributed by atoms with Crippen LogP contribution in [0.25, 0.3) is 5.69 Å². The number of aryl methyl sites for hydroxylation is 2. The molecule has 1 N–H and O–H groups in total. The van der Waals surface area contributed by atoms with Crippen LogP contribution in [0.2, 0.25) is 5.02 Å². The van der Waals surface area contributed by atoms with Crippen molar-refractivity contribution in [3.8, 4) is 5.69 Å². The number of hydrogen-bond acceptors (Lipinski definition) is 3. The Hall–Kier alpha value is -2.92. The Balaban J connectivity index is 2.00. The Labute approximate surface area is 149 Å². The molecular formula is C19H16ClN3O2. The van der Waals surface area contributed by atoms with Gasteiger partial charge in [0.15, 0.2) is 5.69 Å². The first-order valence-electron chi connectivity index (χ1n) is 7.69. The van der Waals surface area contributed by atoms with Gasteiger partial charge < -0.3 is 5.32 Å². The summed E-state index contributed by atoms with van der Waals surface area (Å²) >= 11 is 5.91. The molecule has 0 saturated carbocycles. The minimum Gasteiger partial charge on any atom is -0.320 e. The van der Waals surface area contributed by atoms with Crippen molar-refractivity contribution < 1.29 is 4.79 Å². The number of nitrogens with one attached hydrogen (secondary N) is 1. The number of para-hydroxylation sites is 1. The van der Waals surface area contributed by atoms with Gasteiger partial charge in [-0.25, -0.2) is 4.68 Å². The van der Waals surface area contributed by atoms with Crippen molar-refractivity contribution in [2.75, 3.05) is 5.32 Å². The fraction of sp³-hybridized carbons (Fsp3) is 0.105. The first-order valence-corrected chi connectivity index (χ1v) is 8.07. The Morgan fingerprint density at radius 2 is 1.76 bits per heavy atom. The van der Waals surface area contributed by atoms with Gasteiger partial charge in [-0.3, -0.25) is 9.59 Å². The lowest BCUT2D eigenvalue weighted by Crippen LogP contribution is -2.27. The molecule has 0 aliphatic rings. The van der Waals surface area contributed by atoms with Crippen molar-refractivity contribution in [3.05, 3.63) is 86.8 Å². The van der Waals surface area contributed by atoms with E-state index >= 15 is 0 Å². The van der Waals surface area contributed by atoms with Crippen LogP contribution in [0.4, 0.5) is 5.69 Å². The van der Waals surface area contributed by atoms with E-state index in [1.807, 2.05) is 25.1 Å². The van der Waals surface area contributed by atoms with Crippen molar-refractivity contribution >= 4 is 23.2 Å². The van der Waals surface area contributed by atoms with Crippen LogP contribution < -0.4 is 10.7 Å². The second-order valence-corrected chi connectivity index (χ2v) is 6.09. The van der Waals surface area contributed by atoms with Gasteiger partial charge in [-0.15, -0.1) is 0 Å². The first-order chi connectivity index (χ1) is 12.0. The Morgan fingerprint density at radius 1 is 1.08 bits per heavy atom. The van der Waals surface area contributed by atoms with E-state index in [2.05, 4.69) is 10.4 Å². The molecule has 0 saturated heterocycles. The van der Waals surface area contributed by atoms with Crippen LogP contribution in [-0.2, 0) is 0 Å². The predicted octanol–water partition coefficient (Wildman–Crippen LogP) is 3.76. The van der Waals surface area contributed by atoms with E-state index < -0.39 is 11.3 Å². The zero-order valence-electron chi connectivity index (χ0n) is 13.8. The third-order valence-electron chi connectivity index (χ3n) is 3.79. The van der Waals surface area contributed by atoms with E-state index in [0.717, 1.165) is 5.56 Å². The number of aromatic nitrogens is 2. The number of amides is 1. The zero-order valence-corrected chi connectivity index (χ0v) is 14.5. The highest BCUT2D eigenvalue weighted by atomic mass is 35.5. The summed E-state index contributed by atoms with van der Waals surface area (Å²) in [7, 11) is 0. The smallest absolute Gasteiger partial charge is 0.280 e. The maximum absolute atomic E-state index is 12.5. The second-order valence-electron chi connectivity index (χ2n) is 5.66. The summed E-state index contributed by atoms with van der Waals surface area (Å²) in [5.41, 5.74) is 2.30.